The van der Waals surface area contributed by atoms with E-state index in [2.05, 4.69) is 9.97 Å². The number of piperidine rings is 1. The van der Waals surface area contributed by atoms with E-state index in [9.17, 15) is 4.79 Å². The van der Waals surface area contributed by atoms with Crippen LogP contribution in [-0.2, 0) is 0 Å². The molecular formula is C20H17N3O2S. The van der Waals surface area contributed by atoms with Crippen LogP contribution in [0.2, 0.25) is 0 Å². The summed E-state index contributed by atoms with van der Waals surface area (Å²) >= 11 is 1.56. The zero-order valence-corrected chi connectivity index (χ0v) is 14.9. The summed E-state index contributed by atoms with van der Waals surface area (Å²) in [6.45, 7) is 1.45. The Labute approximate surface area is 154 Å². The van der Waals surface area contributed by atoms with Crippen molar-refractivity contribution in [2.45, 2.75) is 18.8 Å². The van der Waals surface area contributed by atoms with Gasteiger partial charge < -0.3 is 9.32 Å². The second kappa shape index (κ2) is 6.21. The summed E-state index contributed by atoms with van der Waals surface area (Å²) in [6, 6.07) is 13.6. The van der Waals surface area contributed by atoms with Gasteiger partial charge in [0, 0.05) is 24.6 Å². The van der Waals surface area contributed by atoms with E-state index in [1.165, 1.54) is 0 Å². The molecule has 130 valence electrons. The SMILES string of the molecule is O=C(c1ccc2ncsc2c1)N1CCC(c2nc3ccccc3o2)CC1. The van der Waals surface area contributed by atoms with E-state index in [1.54, 1.807) is 11.3 Å². The van der Waals surface area contributed by atoms with Crippen LogP contribution in [-0.4, -0.2) is 33.9 Å². The number of rotatable bonds is 2. The Morgan fingerprint density at radius 2 is 1.96 bits per heavy atom. The van der Waals surface area contributed by atoms with Crippen LogP contribution in [0.5, 0.6) is 0 Å². The zero-order chi connectivity index (χ0) is 17.5. The molecule has 1 fully saturated rings. The van der Waals surface area contributed by atoms with Gasteiger partial charge in [0.15, 0.2) is 11.5 Å². The summed E-state index contributed by atoms with van der Waals surface area (Å²) in [6.07, 6.45) is 1.75. The second-order valence-corrected chi connectivity index (χ2v) is 7.51. The van der Waals surface area contributed by atoms with Crippen LogP contribution in [0, 0.1) is 0 Å². The number of likely N-dealkylation sites (tertiary alicyclic amines) is 1. The summed E-state index contributed by atoms with van der Waals surface area (Å²) < 4.78 is 6.96. The number of carbonyl (C=O) groups is 1. The van der Waals surface area contributed by atoms with Gasteiger partial charge in [-0.2, -0.15) is 0 Å². The molecule has 2 aromatic heterocycles. The first kappa shape index (κ1) is 15.5. The van der Waals surface area contributed by atoms with Crippen molar-refractivity contribution in [1.82, 2.24) is 14.9 Å². The quantitative estimate of drug-likeness (QED) is 0.528. The highest BCUT2D eigenvalue weighted by molar-refractivity contribution is 7.16. The lowest BCUT2D eigenvalue weighted by Crippen LogP contribution is -2.37. The minimum Gasteiger partial charge on any atom is -0.440 e. The van der Waals surface area contributed by atoms with Crippen molar-refractivity contribution in [3.63, 3.8) is 0 Å². The first-order valence-electron chi connectivity index (χ1n) is 8.76. The summed E-state index contributed by atoms with van der Waals surface area (Å²) in [7, 11) is 0. The van der Waals surface area contributed by atoms with E-state index in [-0.39, 0.29) is 11.8 Å². The number of aromatic nitrogens is 2. The summed E-state index contributed by atoms with van der Waals surface area (Å²) in [5.41, 5.74) is 5.23. The van der Waals surface area contributed by atoms with Crippen LogP contribution in [0.4, 0.5) is 0 Å². The molecule has 26 heavy (non-hydrogen) atoms. The highest BCUT2D eigenvalue weighted by Gasteiger charge is 2.27. The van der Waals surface area contributed by atoms with E-state index >= 15 is 0 Å². The van der Waals surface area contributed by atoms with E-state index in [0.29, 0.717) is 0 Å². The molecule has 5 rings (SSSR count). The number of oxazole rings is 1. The fourth-order valence-electron chi connectivity index (χ4n) is 3.56. The van der Waals surface area contributed by atoms with Crippen molar-refractivity contribution < 1.29 is 9.21 Å². The average Bonchev–Trinajstić information content (AvgIpc) is 3.33. The largest absolute Gasteiger partial charge is 0.440 e. The first-order valence-corrected chi connectivity index (χ1v) is 9.64. The molecular weight excluding hydrogens is 346 g/mol. The fraction of sp³-hybridized carbons (Fsp3) is 0.250. The predicted octanol–water partition coefficient (Wildman–Crippen LogP) is 4.46. The van der Waals surface area contributed by atoms with Gasteiger partial charge >= 0.3 is 0 Å². The van der Waals surface area contributed by atoms with Gasteiger partial charge in [0.2, 0.25) is 0 Å². The van der Waals surface area contributed by atoms with Gasteiger partial charge in [-0.25, -0.2) is 9.97 Å². The Bertz CT molecular complexity index is 1060. The van der Waals surface area contributed by atoms with Crippen molar-refractivity contribution in [3.05, 3.63) is 59.4 Å². The Morgan fingerprint density at radius 1 is 1.12 bits per heavy atom. The number of hydrogen-bond acceptors (Lipinski definition) is 5. The normalized spacial score (nSPS) is 15.8. The number of hydrogen-bond donors (Lipinski definition) is 0. The number of carbonyl (C=O) groups excluding carboxylic acids is 1. The molecule has 0 aliphatic carbocycles. The van der Waals surface area contributed by atoms with Gasteiger partial charge in [-0.3, -0.25) is 4.79 Å². The standard InChI is InChI=1S/C20H17N3O2S/c24-20(14-5-6-16-18(11-14)26-12-21-16)23-9-7-13(8-10-23)19-22-15-3-1-2-4-17(15)25-19/h1-6,11-13H,7-10H2. The fourth-order valence-corrected chi connectivity index (χ4v) is 4.28. The molecule has 0 bridgehead atoms. The molecule has 1 saturated heterocycles. The number of amides is 1. The minimum absolute atomic E-state index is 0.0938. The number of fused-ring (bicyclic) bond motifs is 2. The zero-order valence-electron chi connectivity index (χ0n) is 14.1. The van der Waals surface area contributed by atoms with Crippen LogP contribution in [0.15, 0.2) is 52.4 Å². The van der Waals surface area contributed by atoms with Gasteiger partial charge in [-0.15, -0.1) is 11.3 Å². The van der Waals surface area contributed by atoms with Crippen molar-refractivity contribution in [3.8, 4) is 0 Å². The first-order chi connectivity index (χ1) is 12.8. The van der Waals surface area contributed by atoms with Gasteiger partial charge in [-0.05, 0) is 43.2 Å². The number of para-hydroxylation sites is 2. The third-order valence-corrected chi connectivity index (χ3v) is 5.81. The Hall–Kier alpha value is -2.73. The van der Waals surface area contributed by atoms with Crippen molar-refractivity contribution in [2.24, 2.45) is 0 Å². The molecule has 5 nitrogen and oxygen atoms in total. The van der Waals surface area contributed by atoms with E-state index in [1.807, 2.05) is 52.9 Å². The molecule has 3 heterocycles. The van der Waals surface area contributed by atoms with Crippen LogP contribution < -0.4 is 0 Å². The topological polar surface area (TPSA) is 59.2 Å². The second-order valence-electron chi connectivity index (χ2n) is 6.62. The lowest BCUT2D eigenvalue weighted by molar-refractivity contribution is 0.0707. The van der Waals surface area contributed by atoms with Gasteiger partial charge in [0.1, 0.15) is 5.52 Å². The van der Waals surface area contributed by atoms with E-state index in [0.717, 1.165) is 58.7 Å². The Kier molecular flexibility index (Phi) is 3.71. The van der Waals surface area contributed by atoms with E-state index < -0.39 is 0 Å². The third-order valence-electron chi connectivity index (χ3n) is 5.02. The molecule has 1 aliphatic heterocycles. The summed E-state index contributed by atoms with van der Waals surface area (Å²) in [5.74, 6) is 1.16. The van der Waals surface area contributed by atoms with Gasteiger partial charge in [0.05, 0.1) is 15.7 Å². The lowest BCUT2D eigenvalue weighted by Gasteiger charge is -2.30. The van der Waals surface area contributed by atoms with Crippen LogP contribution in [0.3, 0.4) is 0 Å². The van der Waals surface area contributed by atoms with Crippen LogP contribution in [0.1, 0.15) is 35.0 Å². The van der Waals surface area contributed by atoms with Crippen molar-refractivity contribution >= 4 is 38.6 Å². The molecule has 0 atom stereocenters. The monoisotopic (exact) mass is 363 g/mol. The molecule has 2 aromatic carbocycles. The van der Waals surface area contributed by atoms with Crippen molar-refractivity contribution in [1.29, 1.82) is 0 Å². The number of benzene rings is 2. The molecule has 0 N–H and O–H groups in total. The molecule has 0 saturated carbocycles. The van der Waals surface area contributed by atoms with Crippen LogP contribution in [0.25, 0.3) is 21.3 Å². The summed E-state index contributed by atoms with van der Waals surface area (Å²) in [4.78, 5) is 23.6. The van der Waals surface area contributed by atoms with E-state index in [4.69, 9.17) is 4.42 Å². The number of nitrogens with zero attached hydrogens (tertiary/aromatic N) is 3. The molecule has 1 amide bonds. The minimum atomic E-state index is 0.0938. The maximum atomic E-state index is 12.8. The average molecular weight is 363 g/mol. The molecule has 0 radical (unpaired) electrons. The highest BCUT2D eigenvalue weighted by Crippen LogP contribution is 2.30. The van der Waals surface area contributed by atoms with Gasteiger partial charge in [0.25, 0.3) is 5.91 Å². The maximum Gasteiger partial charge on any atom is 0.253 e. The summed E-state index contributed by atoms with van der Waals surface area (Å²) in [5, 5.41) is 0. The maximum absolute atomic E-state index is 12.8. The Morgan fingerprint density at radius 3 is 2.81 bits per heavy atom. The Balaban J connectivity index is 1.30. The smallest absolute Gasteiger partial charge is 0.253 e. The van der Waals surface area contributed by atoms with Crippen LogP contribution >= 0.6 is 11.3 Å². The molecule has 1 aliphatic rings. The number of thiazole rings is 1. The lowest BCUT2D eigenvalue weighted by atomic mass is 9.96. The highest BCUT2D eigenvalue weighted by atomic mass is 32.1. The molecule has 4 aromatic rings. The van der Waals surface area contributed by atoms with Gasteiger partial charge in [-0.1, -0.05) is 12.1 Å². The molecule has 6 heteroatoms. The molecule has 0 spiro atoms. The third kappa shape index (κ3) is 2.66. The predicted molar refractivity (Wildman–Crippen MR) is 102 cm³/mol. The van der Waals surface area contributed by atoms with Crippen molar-refractivity contribution in [2.75, 3.05) is 13.1 Å². The molecule has 0 unspecified atom stereocenters.